The van der Waals surface area contributed by atoms with Crippen molar-refractivity contribution < 1.29 is 4.39 Å². The van der Waals surface area contributed by atoms with Gasteiger partial charge in [0, 0.05) is 24.7 Å². The Kier molecular flexibility index (Phi) is 3.84. The van der Waals surface area contributed by atoms with Crippen LogP contribution < -0.4 is 11.3 Å². The lowest BCUT2D eigenvalue weighted by atomic mass is 10.1. The zero-order chi connectivity index (χ0) is 13.0. The highest BCUT2D eigenvalue weighted by atomic mass is 19.1. The van der Waals surface area contributed by atoms with Gasteiger partial charge in [-0.15, -0.1) is 0 Å². The summed E-state index contributed by atoms with van der Waals surface area (Å²) < 4.78 is 13.4. The Bertz CT molecular complexity index is 595. The van der Waals surface area contributed by atoms with Gasteiger partial charge < -0.3 is 10.7 Å². The molecule has 0 aliphatic heterocycles. The number of aryl methyl sites for hydroxylation is 2. The summed E-state index contributed by atoms with van der Waals surface area (Å²) >= 11 is 0. The van der Waals surface area contributed by atoms with E-state index in [-0.39, 0.29) is 17.9 Å². The number of nitrogens with zero attached hydrogens (tertiary/aromatic N) is 1. The van der Waals surface area contributed by atoms with Gasteiger partial charge in [0.1, 0.15) is 11.6 Å². The largest absolute Gasteiger partial charge is 0.326 e. The van der Waals surface area contributed by atoms with Crippen LogP contribution in [0.25, 0.3) is 0 Å². The lowest BCUT2D eigenvalue weighted by Crippen LogP contribution is -2.19. The van der Waals surface area contributed by atoms with Crippen molar-refractivity contribution >= 4 is 0 Å². The number of halogens is 1. The predicted molar refractivity (Wildman–Crippen MR) is 66.6 cm³/mol. The van der Waals surface area contributed by atoms with E-state index in [1.54, 1.807) is 18.2 Å². The van der Waals surface area contributed by atoms with E-state index < -0.39 is 0 Å². The van der Waals surface area contributed by atoms with Crippen LogP contribution in [0, 0.1) is 5.82 Å². The molecule has 0 saturated heterocycles. The second-order valence-electron chi connectivity index (χ2n) is 3.98. The maximum atomic E-state index is 13.4. The van der Waals surface area contributed by atoms with Gasteiger partial charge >= 0.3 is 0 Å². The van der Waals surface area contributed by atoms with E-state index in [0.29, 0.717) is 29.8 Å². The molecule has 1 heterocycles. The molecule has 0 saturated carbocycles. The molecular formula is C13H14FN3O. The van der Waals surface area contributed by atoms with Crippen molar-refractivity contribution in [3.05, 3.63) is 63.6 Å². The molecule has 0 radical (unpaired) electrons. The van der Waals surface area contributed by atoms with Crippen molar-refractivity contribution in [1.82, 2.24) is 9.97 Å². The Balaban J connectivity index is 2.09. The number of hydrogen-bond acceptors (Lipinski definition) is 3. The fourth-order valence-electron chi connectivity index (χ4n) is 1.68. The van der Waals surface area contributed by atoms with Crippen molar-refractivity contribution in [3.8, 4) is 0 Å². The zero-order valence-corrected chi connectivity index (χ0v) is 9.82. The molecule has 2 aromatic rings. The first-order chi connectivity index (χ1) is 8.70. The molecule has 0 bridgehead atoms. The van der Waals surface area contributed by atoms with Gasteiger partial charge in [-0.25, -0.2) is 9.37 Å². The van der Waals surface area contributed by atoms with Gasteiger partial charge in [0.05, 0.1) is 0 Å². The Morgan fingerprint density at radius 3 is 2.67 bits per heavy atom. The van der Waals surface area contributed by atoms with Crippen LogP contribution in [0.2, 0.25) is 0 Å². The summed E-state index contributed by atoms with van der Waals surface area (Å²) in [5.74, 6) is 0.305. The second kappa shape index (κ2) is 5.55. The molecule has 0 aliphatic carbocycles. The molecule has 4 nitrogen and oxygen atoms in total. The molecule has 94 valence electrons. The number of hydrogen-bond donors (Lipinski definition) is 2. The molecule has 1 aromatic heterocycles. The molecule has 2 rings (SSSR count). The SMILES string of the molecule is NCc1cnc(CCc2ccccc2F)[nH]c1=O. The molecule has 0 fully saturated rings. The Morgan fingerprint density at radius 1 is 1.22 bits per heavy atom. The molecule has 0 spiro atoms. The summed E-state index contributed by atoms with van der Waals surface area (Å²) in [5.41, 5.74) is 6.21. The van der Waals surface area contributed by atoms with Crippen molar-refractivity contribution in [1.29, 1.82) is 0 Å². The van der Waals surface area contributed by atoms with Crippen molar-refractivity contribution in [2.45, 2.75) is 19.4 Å². The first-order valence-electron chi connectivity index (χ1n) is 5.71. The summed E-state index contributed by atoms with van der Waals surface area (Å²) in [4.78, 5) is 18.2. The van der Waals surface area contributed by atoms with Gasteiger partial charge in [0.2, 0.25) is 0 Å². The third kappa shape index (κ3) is 2.81. The average molecular weight is 247 g/mol. The first-order valence-corrected chi connectivity index (χ1v) is 5.71. The molecular weight excluding hydrogens is 233 g/mol. The van der Waals surface area contributed by atoms with Crippen LogP contribution in [0.3, 0.4) is 0 Å². The topological polar surface area (TPSA) is 71.8 Å². The van der Waals surface area contributed by atoms with E-state index in [0.717, 1.165) is 0 Å². The van der Waals surface area contributed by atoms with E-state index in [1.165, 1.54) is 12.3 Å². The monoisotopic (exact) mass is 247 g/mol. The number of aromatic nitrogens is 2. The van der Waals surface area contributed by atoms with Crippen LogP contribution in [0.1, 0.15) is 17.0 Å². The number of rotatable bonds is 4. The summed E-state index contributed by atoms with van der Waals surface area (Å²) in [6.07, 6.45) is 2.45. The third-order valence-electron chi connectivity index (χ3n) is 2.73. The van der Waals surface area contributed by atoms with Crippen LogP contribution in [-0.2, 0) is 19.4 Å². The maximum absolute atomic E-state index is 13.4. The molecule has 5 heteroatoms. The molecule has 0 atom stereocenters. The number of nitrogens with two attached hydrogens (primary N) is 1. The van der Waals surface area contributed by atoms with Gasteiger partial charge in [0.25, 0.3) is 5.56 Å². The standard InChI is InChI=1S/C13H14FN3O/c14-11-4-2-1-3-9(11)5-6-12-16-8-10(7-15)13(18)17-12/h1-4,8H,5-7,15H2,(H,16,17,18). The minimum Gasteiger partial charge on any atom is -0.326 e. The highest BCUT2D eigenvalue weighted by molar-refractivity contribution is 5.18. The lowest BCUT2D eigenvalue weighted by Gasteiger charge is -2.03. The van der Waals surface area contributed by atoms with Gasteiger partial charge in [-0.1, -0.05) is 18.2 Å². The van der Waals surface area contributed by atoms with Gasteiger partial charge in [-0.3, -0.25) is 4.79 Å². The Morgan fingerprint density at radius 2 is 2.00 bits per heavy atom. The molecule has 18 heavy (non-hydrogen) atoms. The zero-order valence-electron chi connectivity index (χ0n) is 9.82. The number of H-pyrrole nitrogens is 1. The van der Waals surface area contributed by atoms with Crippen LogP contribution in [0.5, 0.6) is 0 Å². The molecule has 0 aliphatic rings. The van der Waals surface area contributed by atoms with E-state index >= 15 is 0 Å². The third-order valence-corrected chi connectivity index (χ3v) is 2.73. The fraction of sp³-hybridized carbons (Fsp3) is 0.231. The summed E-state index contributed by atoms with van der Waals surface area (Å²) in [5, 5.41) is 0. The van der Waals surface area contributed by atoms with E-state index in [1.807, 2.05) is 0 Å². The van der Waals surface area contributed by atoms with Crippen molar-refractivity contribution in [3.63, 3.8) is 0 Å². The molecule has 1 aromatic carbocycles. The summed E-state index contributed by atoms with van der Waals surface area (Å²) in [7, 11) is 0. The Labute approximate surface area is 104 Å². The quantitative estimate of drug-likeness (QED) is 0.851. The van der Waals surface area contributed by atoms with Crippen LogP contribution >= 0.6 is 0 Å². The fourth-order valence-corrected chi connectivity index (χ4v) is 1.68. The second-order valence-corrected chi connectivity index (χ2v) is 3.98. The van der Waals surface area contributed by atoms with Crippen molar-refractivity contribution in [2.75, 3.05) is 0 Å². The van der Waals surface area contributed by atoms with E-state index in [4.69, 9.17) is 5.73 Å². The predicted octanol–water partition coefficient (Wildman–Crippen LogP) is 1.15. The molecule has 3 N–H and O–H groups in total. The molecule has 0 unspecified atom stereocenters. The summed E-state index contributed by atoms with van der Waals surface area (Å²) in [6, 6.07) is 6.58. The maximum Gasteiger partial charge on any atom is 0.255 e. The number of nitrogens with one attached hydrogen (secondary N) is 1. The summed E-state index contributed by atoms with van der Waals surface area (Å²) in [6.45, 7) is 0.163. The highest BCUT2D eigenvalue weighted by Gasteiger charge is 2.04. The normalized spacial score (nSPS) is 10.6. The van der Waals surface area contributed by atoms with E-state index in [2.05, 4.69) is 9.97 Å². The van der Waals surface area contributed by atoms with Crippen molar-refractivity contribution in [2.24, 2.45) is 5.73 Å². The van der Waals surface area contributed by atoms with Crippen LogP contribution in [0.4, 0.5) is 4.39 Å². The average Bonchev–Trinajstić information content (AvgIpc) is 2.38. The highest BCUT2D eigenvalue weighted by Crippen LogP contribution is 2.08. The first kappa shape index (κ1) is 12.4. The number of benzene rings is 1. The van der Waals surface area contributed by atoms with E-state index in [9.17, 15) is 9.18 Å². The minimum absolute atomic E-state index is 0.163. The van der Waals surface area contributed by atoms with Crippen LogP contribution in [0.15, 0.2) is 35.3 Å². The Hall–Kier alpha value is -2.01. The van der Waals surface area contributed by atoms with Crippen LogP contribution in [-0.4, -0.2) is 9.97 Å². The lowest BCUT2D eigenvalue weighted by molar-refractivity contribution is 0.607. The smallest absolute Gasteiger partial charge is 0.255 e. The van der Waals surface area contributed by atoms with Gasteiger partial charge in [-0.05, 0) is 18.1 Å². The number of aromatic amines is 1. The molecule has 0 amide bonds. The minimum atomic E-state index is -0.238. The van der Waals surface area contributed by atoms with Gasteiger partial charge in [-0.2, -0.15) is 0 Å². The van der Waals surface area contributed by atoms with Gasteiger partial charge in [0.15, 0.2) is 0 Å².